The summed E-state index contributed by atoms with van der Waals surface area (Å²) in [5, 5.41) is 0.0705. The summed E-state index contributed by atoms with van der Waals surface area (Å²) >= 11 is 5.70. The molecule has 0 amide bonds. The Morgan fingerprint density at radius 3 is 2.62 bits per heavy atom. The lowest BCUT2D eigenvalue weighted by Gasteiger charge is -2.07. The first-order valence-electron chi connectivity index (χ1n) is 4.45. The maximum Gasteiger partial charge on any atom is 0.152 e. The van der Waals surface area contributed by atoms with Crippen LogP contribution in [-0.4, -0.2) is 4.98 Å². The highest BCUT2D eigenvalue weighted by molar-refractivity contribution is 6.32. The van der Waals surface area contributed by atoms with Crippen molar-refractivity contribution in [1.82, 2.24) is 4.98 Å². The topological polar surface area (TPSA) is 38.9 Å². The number of nitrogens with two attached hydrogens (primary N) is 1. The highest BCUT2D eigenvalue weighted by Gasteiger charge is 2.11. The second kappa shape index (κ2) is 4.06. The van der Waals surface area contributed by atoms with Gasteiger partial charge in [0.05, 0.1) is 5.69 Å². The highest BCUT2D eigenvalue weighted by atomic mass is 35.5. The van der Waals surface area contributed by atoms with Gasteiger partial charge in [-0.15, -0.1) is 0 Å². The van der Waals surface area contributed by atoms with E-state index < -0.39 is 11.6 Å². The van der Waals surface area contributed by atoms with Crippen LogP contribution in [0.25, 0.3) is 11.1 Å². The van der Waals surface area contributed by atoms with E-state index in [4.69, 9.17) is 17.3 Å². The fraction of sp³-hybridized carbons (Fsp3) is 0. The molecule has 1 heterocycles. The van der Waals surface area contributed by atoms with E-state index >= 15 is 0 Å². The van der Waals surface area contributed by atoms with Crippen LogP contribution in [-0.2, 0) is 0 Å². The summed E-state index contributed by atoms with van der Waals surface area (Å²) in [5.41, 5.74) is 6.18. The molecule has 1 aromatic heterocycles. The standard InChI is InChI=1S/C11H7ClF2N2/c12-11-10(15)7(3-4-16-11)8-5-6(13)1-2-9(8)14/h1-5H,15H2. The van der Waals surface area contributed by atoms with E-state index in [-0.39, 0.29) is 16.4 Å². The van der Waals surface area contributed by atoms with E-state index in [1.807, 2.05) is 0 Å². The summed E-state index contributed by atoms with van der Waals surface area (Å²) in [7, 11) is 0. The third-order valence-electron chi connectivity index (χ3n) is 2.16. The maximum absolute atomic E-state index is 13.5. The minimum Gasteiger partial charge on any atom is -0.396 e. The molecule has 2 N–H and O–H groups in total. The van der Waals surface area contributed by atoms with E-state index in [1.54, 1.807) is 0 Å². The molecule has 1 aromatic carbocycles. The van der Waals surface area contributed by atoms with Gasteiger partial charge in [-0.25, -0.2) is 13.8 Å². The number of benzene rings is 1. The third-order valence-corrected chi connectivity index (χ3v) is 2.46. The number of anilines is 1. The molecule has 0 unspecified atom stereocenters. The number of aromatic nitrogens is 1. The van der Waals surface area contributed by atoms with Gasteiger partial charge in [-0.3, -0.25) is 0 Å². The Bertz CT molecular complexity index is 544. The van der Waals surface area contributed by atoms with Crippen LogP contribution in [0.1, 0.15) is 0 Å². The van der Waals surface area contributed by atoms with Crippen molar-refractivity contribution in [3.63, 3.8) is 0 Å². The molecule has 0 aliphatic heterocycles. The number of hydrogen-bond donors (Lipinski definition) is 1. The number of nitrogens with zero attached hydrogens (tertiary/aromatic N) is 1. The maximum atomic E-state index is 13.5. The van der Waals surface area contributed by atoms with Crippen molar-refractivity contribution < 1.29 is 8.78 Å². The minimum atomic E-state index is -0.560. The second-order valence-corrected chi connectivity index (χ2v) is 3.55. The molecule has 5 heteroatoms. The van der Waals surface area contributed by atoms with Crippen LogP contribution in [0.4, 0.5) is 14.5 Å². The largest absolute Gasteiger partial charge is 0.396 e. The molecule has 0 bridgehead atoms. The van der Waals surface area contributed by atoms with Gasteiger partial charge in [-0.1, -0.05) is 11.6 Å². The zero-order valence-electron chi connectivity index (χ0n) is 8.05. The monoisotopic (exact) mass is 240 g/mol. The summed E-state index contributed by atoms with van der Waals surface area (Å²) in [6.45, 7) is 0. The van der Waals surface area contributed by atoms with Gasteiger partial charge < -0.3 is 5.73 Å². The molecule has 0 aliphatic carbocycles. The fourth-order valence-electron chi connectivity index (χ4n) is 1.39. The van der Waals surface area contributed by atoms with Gasteiger partial charge in [-0.2, -0.15) is 0 Å². The van der Waals surface area contributed by atoms with E-state index in [2.05, 4.69) is 4.98 Å². The molecule has 0 aliphatic rings. The average Bonchev–Trinajstić information content (AvgIpc) is 2.26. The number of hydrogen-bond acceptors (Lipinski definition) is 2. The van der Waals surface area contributed by atoms with Crippen LogP contribution in [0.3, 0.4) is 0 Å². The lowest BCUT2D eigenvalue weighted by molar-refractivity contribution is 0.603. The minimum absolute atomic E-state index is 0.0705. The Kier molecular flexibility index (Phi) is 2.75. The summed E-state index contributed by atoms with van der Waals surface area (Å²) in [5.74, 6) is -1.10. The van der Waals surface area contributed by atoms with Crippen LogP contribution in [0, 0.1) is 11.6 Å². The van der Waals surface area contributed by atoms with Crippen molar-refractivity contribution in [3.05, 3.63) is 47.2 Å². The summed E-state index contributed by atoms with van der Waals surface area (Å²) in [4.78, 5) is 3.74. The number of halogens is 3. The molecule has 0 saturated carbocycles. The molecule has 82 valence electrons. The molecule has 0 spiro atoms. The molecule has 16 heavy (non-hydrogen) atoms. The second-order valence-electron chi connectivity index (χ2n) is 3.19. The average molecular weight is 241 g/mol. The Hall–Kier alpha value is -1.68. The summed E-state index contributed by atoms with van der Waals surface area (Å²) < 4.78 is 26.5. The molecule has 2 nitrogen and oxygen atoms in total. The van der Waals surface area contributed by atoms with E-state index in [0.717, 1.165) is 18.2 Å². The van der Waals surface area contributed by atoms with Gasteiger partial charge in [0.1, 0.15) is 11.6 Å². The van der Waals surface area contributed by atoms with Gasteiger partial charge in [0, 0.05) is 17.3 Å². The zero-order valence-corrected chi connectivity index (χ0v) is 8.80. The van der Waals surface area contributed by atoms with Crippen molar-refractivity contribution in [2.75, 3.05) is 5.73 Å². The Balaban J connectivity index is 2.67. The SMILES string of the molecule is Nc1c(-c2cc(F)ccc2F)ccnc1Cl. The molecule has 0 atom stereocenters. The van der Waals surface area contributed by atoms with Gasteiger partial charge in [0.25, 0.3) is 0 Å². The summed E-state index contributed by atoms with van der Waals surface area (Å²) in [6, 6.07) is 4.63. The van der Waals surface area contributed by atoms with Crippen LogP contribution >= 0.6 is 11.6 Å². The van der Waals surface area contributed by atoms with Crippen LogP contribution in [0.5, 0.6) is 0 Å². The quantitative estimate of drug-likeness (QED) is 0.777. The van der Waals surface area contributed by atoms with Crippen molar-refractivity contribution >= 4 is 17.3 Å². The first-order chi connectivity index (χ1) is 7.59. The Morgan fingerprint density at radius 1 is 1.12 bits per heavy atom. The highest BCUT2D eigenvalue weighted by Crippen LogP contribution is 2.31. The van der Waals surface area contributed by atoms with Gasteiger partial charge in [0.2, 0.25) is 0 Å². The van der Waals surface area contributed by atoms with E-state index in [9.17, 15) is 8.78 Å². The molecule has 0 fully saturated rings. The smallest absolute Gasteiger partial charge is 0.152 e. The van der Waals surface area contributed by atoms with Crippen LogP contribution in [0.2, 0.25) is 5.15 Å². The number of rotatable bonds is 1. The number of pyridine rings is 1. The first kappa shape index (κ1) is 10.8. The van der Waals surface area contributed by atoms with Crippen molar-refractivity contribution in [2.45, 2.75) is 0 Å². The van der Waals surface area contributed by atoms with Crippen LogP contribution < -0.4 is 5.73 Å². The Morgan fingerprint density at radius 2 is 1.88 bits per heavy atom. The normalized spacial score (nSPS) is 10.4. The first-order valence-corrected chi connectivity index (χ1v) is 4.83. The lowest BCUT2D eigenvalue weighted by atomic mass is 10.0. The van der Waals surface area contributed by atoms with E-state index in [1.165, 1.54) is 12.3 Å². The summed E-state index contributed by atoms with van der Waals surface area (Å²) in [6.07, 6.45) is 1.39. The predicted molar refractivity (Wildman–Crippen MR) is 59.0 cm³/mol. The van der Waals surface area contributed by atoms with E-state index in [0.29, 0.717) is 5.56 Å². The third kappa shape index (κ3) is 1.84. The molecule has 2 aromatic rings. The van der Waals surface area contributed by atoms with Crippen molar-refractivity contribution in [3.8, 4) is 11.1 Å². The van der Waals surface area contributed by atoms with Crippen LogP contribution in [0.15, 0.2) is 30.5 Å². The fourth-order valence-corrected chi connectivity index (χ4v) is 1.54. The zero-order chi connectivity index (χ0) is 11.7. The molecule has 0 saturated heterocycles. The van der Waals surface area contributed by atoms with Gasteiger partial charge in [0.15, 0.2) is 5.15 Å². The molecular formula is C11H7ClF2N2. The molecule has 0 radical (unpaired) electrons. The molecule has 2 rings (SSSR count). The Labute approximate surface area is 95.7 Å². The van der Waals surface area contributed by atoms with Gasteiger partial charge >= 0.3 is 0 Å². The van der Waals surface area contributed by atoms with Crippen molar-refractivity contribution in [1.29, 1.82) is 0 Å². The van der Waals surface area contributed by atoms with Crippen molar-refractivity contribution in [2.24, 2.45) is 0 Å². The molecular weight excluding hydrogens is 234 g/mol. The van der Waals surface area contributed by atoms with Gasteiger partial charge in [-0.05, 0) is 24.3 Å². The number of nitrogen functional groups attached to an aromatic ring is 1. The lowest BCUT2D eigenvalue weighted by Crippen LogP contribution is -1.95. The predicted octanol–water partition coefficient (Wildman–Crippen LogP) is 3.26.